The van der Waals surface area contributed by atoms with E-state index >= 15 is 0 Å². The third-order valence-electron chi connectivity index (χ3n) is 2.28. The van der Waals surface area contributed by atoms with E-state index in [0.717, 1.165) is 0 Å². The summed E-state index contributed by atoms with van der Waals surface area (Å²) in [6, 6.07) is 2.05. The lowest BCUT2D eigenvalue weighted by atomic mass is 9.96. The van der Waals surface area contributed by atoms with Crippen LogP contribution in [0, 0.1) is 11.3 Å². The summed E-state index contributed by atoms with van der Waals surface area (Å²) >= 11 is 0. The lowest BCUT2D eigenvalue weighted by molar-refractivity contribution is -0.00235. The van der Waals surface area contributed by atoms with Crippen LogP contribution in [0.3, 0.4) is 0 Å². The van der Waals surface area contributed by atoms with Crippen molar-refractivity contribution in [3.05, 3.63) is 0 Å². The summed E-state index contributed by atoms with van der Waals surface area (Å²) in [7, 11) is 0. The second kappa shape index (κ2) is 3.88. The van der Waals surface area contributed by atoms with Gasteiger partial charge in [-0.05, 0) is 26.2 Å². The first-order valence-electron chi connectivity index (χ1n) is 4.46. The molecule has 0 spiro atoms. The molecule has 0 saturated heterocycles. The molecule has 12 heavy (non-hydrogen) atoms. The van der Waals surface area contributed by atoms with Gasteiger partial charge in [-0.25, -0.2) is 0 Å². The standard InChI is InChI=1S/C9H16N2O/c1-9(11,7-10)5-6-12-8-3-2-4-8/h8H,2-6,11H2,1H3. The Morgan fingerprint density at radius 2 is 2.33 bits per heavy atom. The van der Waals surface area contributed by atoms with Crippen LogP contribution in [0.1, 0.15) is 32.6 Å². The molecule has 0 aromatic carbocycles. The molecule has 1 fully saturated rings. The highest BCUT2D eigenvalue weighted by atomic mass is 16.5. The van der Waals surface area contributed by atoms with Crippen LogP contribution in [0.15, 0.2) is 0 Å². The molecule has 1 atom stereocenters. The third kappa shape index (κ3) is 2.80. The number of nitrogens with zero attached hydrogens (tertiary/aromatic N) is 1. The minimum absolute atomic E-state index is 0.444. The van der Waals surface area contributed by atoms with E-state index in [-0.39, 0.29) is 0 Å². The van der Waals surface area contributed by atoms with Crippen molar-refractivity contribution in [2.24, 2.45) is 5.73 Å². The molecule has 1 aliphatic carbocycles. The molecule has 0 aromatic rings. The van der Waals surface area contributed by atoms with Crippen LogP contribution in [0.25, 0.3) is 0 Å². The summed E-state index contributed by atoms with van der Waals surface area (Å²) in [5, 5.41) is 8.60. The lowest BCUT2D eigenvalue weighted by Gasteiger charge is -2.26. The zero-order valence-corrected chi connectivity index (χ0v) is 7.55. The van der Waals surface area contributed by atoms with Gasteiger partial charge in [-0.15, -0.1) is 0 Å². The molecule has 0 radical (unpaired) electrons. The highest BCUT2D eigenvalue weighted by Crippen LogP contribution is 2.22. The van der Waals surface area contributed by atoms with Crippen LogP contribution in [-0.4, -0.2) is 18.2 Å². The summed E-state index contributed by atoms with van der Waals surface area (Å²) in [6.45, 7) is 2.35. The molecule has 1 rings (SSSR count). The highest BCUT2D eigenvalue weighted by Gasteiger charge is 2.21. The Morgan fingerprint density at radius 3 is 2.75 bits per heavy atom. The van der Waals surface area contributed by atoms with Crippen LogP contribution in [0.2, 0.25) is 0 Å². The fraction of sp³-hybridized carbons (Fsp3) is 0.889. The zero-order chi connectivity index (χ0) is 9.03. The van der Waals surface area contributed by atoms with E-state index in [9.17, 15) is 0 Å². The van der Waals surface area contributed by atoms with E-state index in [0.29, 0.717) is 19.1 Å². The number of nitriles is 1. The lowest BCUT2D eigenvalue weighted by Crippen LogP contribution is -2.36. The van der Waals surface area contributed by atoms with Crippen LogP contribution in [0.4, 0.5) is 0 Å². The second-order valence-electron chi connectivity index (χ2n) is 3.70. The van der Waals surface area contributed by atoms with Crippen LogP contribution in [-0.2, 0) is 4.74 Å². The van der Waals surface area contributed by atoms with Crippen molar-refractivity contribution in [2.45, 2.75) is 44.2 Å². The van der Waals surface area contributed by atoms with Gasteiger partial charge in [0.25, 0.3) is 0 Å². The van der Waals surface area contributed by atoms with Crippen molar-refractivity contribution in [2.75, 3.05) is 6.61 Å². The maximum atomic E-state index is 8.60. The Labute approximate surface area is 73.5 Å². The molecule has 0 amide bonds. The molecule has 0 aliphatic heterocycles. The normalized spacial score (nSPS) is 22.4. The molecular formula is C9H16N2O. The number of nitrogens with two attached hydrogens (primary N) is 1. The van der Waals surface area contributed by atoms with Gasteiger partial charge in [-0.3, -0.25) is 0 Å². The van der Waals surface area contributed by atoms with E-state index in [1.54, 1.807) is 6.92 Å². The number of ether oxygens (including phenoxy) is 1. The summed E-state index contributed by atoms with van der Waals surface area (Å²) in [4.78, 5) is 0. The minimum Gasteiger partial charge on any atom is -0.378 e. The Hall–Kier alpha value is -0.590. The van der Waals surface area contributed by atoms with Crippen molar-refractivity contribution in [1.29, 1.82) is 5.26 Å². The van der Waals surface area contributed by atoms with Crippen molar-refractivity contribution in [3.63, 3.8) is 0 Å². The monoisotopic (exact) mass is 168 g/mol. The number of hydrogen-bond donors (Lipinski definition) is 1. The van der Waals surface area contributed by atoms with Crippen molar-refractivity contribution in [3.8, 4) is 6.07 Å². The average molecular weight is 168 g/mol. The molecule has 0 bridgehead atoms. The molecule has 1 saturated carbocycles. The van der Waals surface area contributed by atoms with E-state index < -0.39 is 5.54 Å². The van der Waals surface area contributed by atoms with Crippen LogP contribution >= 0.6 is 0 Å². The fourth-order valence-electron chi connectivity index (χ4n) is 1.03. The summed E-state index contributed by atoms with van der Waals surface area (Å²) < 4.78 is 5.48. The first kappa shape index (κ1) is 9.50. The van der Waals surface area contributed by atoms with Crippen molar-refractivity contribution in [1.82, 2.24) is 0 Å². The fourth-order valence-corrected chi connectivity index (χ4v) is 1.03. The SMILES string of the molecule is CC(N)(C#N)CCOC1CCC1. The van der Waals surface area contributed by atoms with Gasteiger partial charge in [-0.2, -0.15) is 5.26 Å². The van der Waals surface area contributed by atoms with Crippen LogP contribution in [0.5, 0.6) is 0 Å². The quantitative estimate of drug-likeness (QED) is 0.685. The van der Waals surface area contributed by atoms with Crippen molar-refractivity contribution >= 4 is 0 Å². The molecule has 2 N–H and O–H groups in total. The zero-order valence-electron chi connectivity index (χ0n) is 7.55. The smallest absolute Gasteiger partial charge is 0.103 e. The van der Waals surface area contributed by atoms with Crippen molar-refractivity contribution < 1.29 is 4.74 Å². The first-order valence-corrected chi connectivity index (χ1v) is 4.46. The molecule has 0 aromatic heterocycles. The van der Waals surface area contributed by atoms with E-state index in [4.69, 9.17) is 15.7 Å². The predicted octanol–water partition coefficient (Wildman–Crippen LogP) is 1.19. The van der Waals surface area contributed by atoms with Gasteiger partial charge in [0.1, 0.15) is 5.54 Å². The predicted molar refractivity (Wildman–Crippen MR) is 46.4 cm³/mol. The Morgan fingerprint density at radius 1 is 1.67 bits per heavy atom. The maximum absolute atomic E-state index is 8.60. The van der Waals surface area contributed by atoms with Gasteiger partial charge in [0, 0.05) is 13.0 Å². The van der Waals surface area contributed by atoms with Gasteiger partial charge in [0.05, 0.1) is 12.2 Å². The second-order valence-corrected chi connectivity index (χ2v) is 3.70. The molecule has 0 heterocycles. The molecule has 1 aliphatic rings. The Kier molecular flexibility index (Phi) is 3.07. The largest absolute Gasteiger partial charge is 0.378 e. The molecule has 1 unspecified atom stereocenters. The number of rotatable bonds is 4. The number of hydrogen-bond acceptors (Lipinski definition) is 3. The Bertz CT molecular complexity index is 179. The van der Waals surface area contributed by atoms with E-state index in [1.165, 1.54) is 19.3 Å². The maximum Gasteiger partial charge on any atom is 0.103 e. The topological polar surface area (TPSA) is 59.0 Å². The van der Waals surface area contributed by atoms with E-state index in [2.05, 4.69) is 0 Å². The molecule has 3 nitrogen and oxygen atoms in total. The summed E-state index contributed by atoms with van der Waals surface area (Å²) in [5.74, 6) is 0. The highest BCUT2D eigenvalue weighted by molar-refractivity contribution is 5.00. The van der Waals surface area contributed by atoms with Gasteiger partial charge < -0.3 is 10.5 Å². The van der Waals surface area contributed by atoms with Gasteiger partial charge in [0.2, 0.25) is 0 Å². The summed E-state index contributed by atoms with van der Waals surface area (Å²) in [6.07, 6.45) is 4.70. The van der Waals surface area contributed by atoms with Crippen LogP contribution < -0.4 is 5.73 Å². The van der Waals surface area contributed by atoms with E-state index in [1.807, 2.05) is 6.07 Å². The van der Waals surface area contributed by atoms with Gasteiger partial charge in [-0.1, -0.05) is 0 Å². The Balaban J connectivity index is 2.05. The summed E-state index contributed by atoms with van der Waals surface area (Å²) in [5.41, 5.74) is 4.90. The first-order chi connectivity index (χ1) is 5.64. The third-order valence-corrected chi connectivity index (χ3v) is 2.28. The van der Waals surface area contributed by atoms with Gasteiger partial charge >= 0.3 is 0 Å². The average Bonchev–Trinajstić information content (AvgIpc) is 1.95. The molecule has 3 heteroatoms. The minimum atomic E-state index is -0.719. The molecular weight excluding hydrogens is 152 g/mol. The van der Waals surface area contributed by atoms with Gasteiger partial charge in [0.15, 0.2) is 0 Å². The molecule has 68 valence electrons.